The number of aromatic nitrogens is 3. The van der Waals surface area contributed by atoms with Crippen molar-refractivity contribution >= 4 is 11.9 Å². The van der Waals surface area contributed by atoms with Gasteiger partial charge in [0.25, 0.3) is 0 Å². The number of carboxylic acids is 1. The van der Waals surface area contributed by atoms with Gasteiger partial charge in [-0.3, -0.25) is 14.3 Å². The molecular weight excluding hydrogens is 188 g/mol. The van der Waals surface area contributed by atoms with E-state index in [1.54, 1.807) is 7.05 Å². The molecule has 0 bridgehead atoms. The predicted octanol–water partition coefficient (Wildman–Crippen LogP) is -1.09. The number of nitrogens with zero attached hydrogens (tertiary/aromatic N) is 3. The first-order chi connectivity index (χ1) is 6.58. The maximum absolute atomic E-state index is 10.9. The minimum atomic E-state index is -1.16. The lowest BCUT2D eigenvalue weighted by atomic mass is 10.4. The molecule has 0 atom stereocenters. The molecule has 7 heteroatoms. The van der Waals surface area contributed by atoms with E-state index < -0.39 is 18.3 Å². The van der Waals surface area contributed by atoms with Crippen LogP contribution in [0.5, 0.6) is 0 Å². The second kappa shape index (κ2) is 4.35. The van der Waals surface area contributed by atoms with Crippen LogP contribution in [0.1, 0.15) is 12.2 Å². The summed E-state index contributed by atoms with van der Waals surface area (Å²) in [5.74, 6) is -1.26. The highest BCUT2D eigenvalue weighted by molar-refractivity contribution is 5.93. The first-order valence-corrected chi connectivity index (χ1v) is 3.91. The van der Waals surface area contributed by atoms with Gasteiger partial charge in [-0.25, -0.2) is 4.98 Å². The van der Waals surface area contributed by atoms with E-state index in [4.69, 9.17) is 5.11 Å². The fourth-order valence-corrected chi connectivity index (χ4v) is 0.842. The standard InChI is InChI=1S/C7H10N4O3/c1-11-4-9-5(10-11)3-8-6(12)2-7(13)14/h4H,2-3H2,1H3,(H,8,12)(H,13,14). The summed E-state index contributed by atoms with van der Waals surface area (Å²) in [6, 6.07) is 0. The Morgan fingerprint density at radius 3 is 2.86 bits per heavy atom. The van der Waals surface area contributed by atoms with Gasteiger partial charge in [-0.05, 0) is 0 Å². The van der Waals surface area contributed by atoms with Crippen molar-refractivity contribution < 1.29 is 14.7 Å². The van der Waals surface area contributed by atoms with E-state index in [-0.39, 0.29) is 6.54 Å². The molecule has 0 spiro atoms. The number of rotatable bonds is 4. The molecule has 1 aromatic heterocycles. The molecule has 1 aromatic rings. The molecule has 0 saturated heterocycles. The number of carbonyl (C=O) groups excluding carboxylic acids is 1. The summed E-state index contributed by atoms with van der Waals surface area (Å²) in [5, 5.41) is 14.6. The SMILES string of the molecule is Cn1cnc(CNC(=O)CC(=O)O)n1. The normalized spacial score (nSPS) is 9.79. The number of carbonyl (C=O) groups is 2. The molecular formula is C7H10N4O3. The summed E-state index contributed by atoms with van der Waals surface area (Å²) >= 11 is 0. The minimum absolute atomic E-state index is 0.146. The molecule has 0 aliphatic rings. The van der Waals surface area contributed by atoms with Crippen LogP contribution >= 0.6 is 0 Å². The van der Waals surface area contributed by atoms with Crippen LogP contribution < -0.4 is 5.32 Å². The van der Waals surface area contributed by atoms with E-state index in [0.717, 1.165) is 0 Å². The lowest BCUT2D eigenvalue weighted by Gasteiger charge is -1.98. The van der Waals surface area contributed by atoms with Crippen molar-refractivity contribution in [3.05, 3.63) is 12.2 Å². The molecule has 0 unspecified atom stereocenters. The number of nitrogens with one attached hydrogen (secondary N) is 1. The zero-order valence-corrected chi connectivity index (χ0v) is 7.60. The lowest BCUT2D eigenvalue weighted by Crippen LogP contribution is -2.25. The molecule has 76 valence electrons. The molecule has 0 fully saturated rings. The van der Waals surface area contributed by atoms with Crippen LogP contribution in [0.15, 0.2) is 6.33 Å². The molecule has 0 aliphatic carbocycles. The molecule has 7 nitrogen and oxygen atoms in total. The van der Waals surface area contributed by atoms with Gasteiger partial charge in [0.1, 0.15) is 12.7 Å². The van der Waals surface area contributed by atoms with Gasteiger partial charge in [-0.2, -0.15) is 5.10 Å². The average molecular weight is 198 g/mol. The van der Waals surface area contributed by atoms with E-state index in [9.17, 15) is 9.59 Å². The molecule has 1 amide bonds. The molecule has 1 heterocycles. The monoisotopic (exact) mass is 198 g/mol. The van der Waals surface area contributed by atoms with Crippen LogP contribution in [0.3, 0.4) is 0 Å². The van der Waals surface area contributed by atoms with Crippen LogP contribution in [-0.4, -0.2) is 31.7 Å². The summed E-state index contributed by atoms with van der Waals surface area (Å²) in [5.41, 5.74) is 0. The Balaban J connectivity index is 2.34. The quantitative estimate of drug-likeness (QED) is 0.599. The van der Waals surface area contributed by atoms with Gasteiger partial charge in [-0.15, -0.1) is 0 Å². The van der Waals surface area contributed by atoms with Crippen molar-refractivity contribution in [3.63, 3.8) is 0 Å². The zero-order valence-electron chi connectivity index (χ0n) is 7.60. The van der Waals surface area contributed by atoms with Gasteiger partial charge in [0, 0.05) is 7.05 Å². The first-order valence-electron chi connectivity index (χ1n) is 3.91. The van der Waals surface area contributed by atoms with E-state index in [0.29, 0.717) is 5.82 Å². The Labute approximate surface area is 79.8 Å². The first kappa shape index (κ1) is 10.2. The number of hydrogen-bond donors (Lipinski definition) is 2. The number of amides is 1. The summed E-state index contributed by atoms with van der Waals surface area (Å²) in [6.45, 7) is 0.146. The Kier molecular flexibility index (Phi) is 3.16. The number of aliphatic carboxylic acids is 1. The Hall–Kier alpha value is -1.92. The Bertz CT molecular complexity index is 346. The van der Waals surface area contributed by atoms with Gasteiger partial charge in [0.2, 0.25) is 5.91 Å². The molecule has 14 heavy (non-hydrogen) atoms. The number of aryl methyl sites for hydroxylation is 1. The molecule has 1 rings (SSSR count). The van der Waals surface area contributed by atoms with Crippen molar-refractivity contribution in [1.82, 2.24) is 20.1 Å². The Morgan fingerprint density at radius 1 is 1.64 bits per heavy atom. The van der Waals surface area contributed by atoms with Gasteiger partial charge >= 0.3 is 5.97 Å². The van der Waals surface area contributed by atoms with Gasteiger partial charge in [0.05, 0.1) is 6.54 Å². The second-order valence-electron chi connectivity index (χ2n) is 2.68. The van der Waals surface area contributed by atoms with Crippen molar-refractivity contribution in [3.8, 4) is 0 Å². The van der Waals surface area contributed by atoms with E-state index in [2.05, 4.69) is 15.4 Å². The molecule has 0 radical (unpaired) electrons. The lowest BCUT2D eigenvalue weighted by molar-refractivity contribution is -0.140. The van der Waals surface area contributed by atoms with Crippen LogP contribution in [0.2, 0.25) is 0 Å². The Morgan fingerprint density at radius 2 is 2.36 bits per heavy atom. The minimum Gasteiger partial charge on any atom is -0.481 e. The molecule has 0 saturated carbocycles. The highest BCUT2D eigenvalue weighted by Gasteiger charge is 2.07. The summed E-state index contributed by atoms with van der Waals surface area (Å²) in [7, 11) is 1.70. The highest BCUT2D eigenvalue weighted by atomic mass is 16.4. The summed E-state index contributed by atoms with van der Waals surface area (Å²) < 4.78 is 1.50. The molecule has 0 aliphatic heterocycles. The molecule has 2 N–H and O–H groups in total. The maximum atomic E-state index is 10.9. The summed E-state index contributed by atoms with van der Waals surface area (Å²) in [4.78, 5) is 24.9. The smallest absolute Gasteiger partial charge is 0.312 e. The third-order valence-corrected chi connectivity index (χ3v) is 1.40. The van der Waals surface area contributed by atoms with Crippen molar-refractivity contribution in [2.24, 2.45) is 7.05 Å². The van der Waals surface area contributed by atoms with Gasteiger partial charge < -0.3 is 10.4 Å². The average Bonchev–Trinajstić information content (AvgIpc) is 2.47. The highest BCUT2D eigenvalue weighted by Crippen LogP contribution is 1.87. The number of carboxylic acid groups (broad SMARTS) is 1. The van der Waals surface area contributed by atoms with E-state index in [1.807, 2.05) is 0 Å². The van der Waals surface area contributed by atoms with Crippen LogP contribution in [-0.2, 0) is 23.2 Å². The number of hydrogen-bond acceptors (Lipinski definition) is 4. The predicted molar refractivity (Wildman–Crippen MR) is 45.1 cm³/mol. The van der Waals surface area contributed by atoms with Gasteiger partial charge in [-0.1, -0.05) is 0 Å². The molecule has 0 aromatic carbocycles. The van der Waals surface area contributed by atoms with Crippen LogP contribution in [0.4, 0.5) is 0 Å². The van der Waals surface area contributed by atoms with E-state index >= 15 is 0 Å². The van der Waals surface area contributed by atoms with E-state index in [1.165, 1.54) is 11.0 Å². The van der Waals surface area contributed by atoms with Crippen molar-refractivity contribution in [1.29, 1.82) is 0 Å². The third kappa shape index (κ3) is 3.21. The second-order valence-corrected chi connectivity index (χ2v) is 2.68. The third-order valence-electron chi connectivity index (χ3n) is 1.40. The van der Waals surface area contributed by atoms with Crippen LogP contribution in [0.25, 0.3) is 0 Å². The largest absolute Gasteiger partial charge is 0.481 e. The summed E-state index contributed by atoms with van der Waals surface area (Å²) in [6.07, 6.45) is 0.964. The fraction of sp³-hybridized carbons (Fsp3) is 0.429. The maximum Gasteiger partial charge on any atom is 0.312 e. The fourth-order valence-electron chi connectivity index (χ4n) is 0.842. The van der Waals surface area contributed by atoms with Crippen molar-refractivity contribution in [2.75, 3.05) is 0 Å². The topological polar surface area (TPSA) is 97.1 Å². The van der Waals surface area contributed by atoms with Gasteiger partial charge in [0.15, 0.2) is 5.82 Å². The zero-order chi connectivity index (χ0) is 10.6. The van der Waals surface area contributed by atoms with Crippen molar-refractivity contribution in [2.45, 2.75) is 13.0 Å². The van der Waals surface area contributed by atoms with Crippen LogP contribution in [0, 0.1) is 0 Å².